The fourth-order valence-electron chi connectivity index (χ4n) is 3.04. The second kappa shape index (κ2) is 8.11. The van der Waals surface area contributed by atoms with Crippen molar-refractivity contribution < 1.29 is 18.6 Å². The number of hydrogen-bond acceptors (Lipinski definition) is 10. The molecule has 32 heavy (non-hydrogen) atoms. The van der Waals surface area contributed by atoms with Crippen molar-refractivity contribution in [2.45, 2.75) is 19.4 Å². The van der Waals surface area contributed by atoms with Gasteiger partial charge in [0.25, 0.3) is 5.91 Å². The number of amides is 1. The van der Waals surface area contributed by atoms with Crippen LogP contribution in [0, 0.1) is 0 Å². The molecule has 0 saturated carbocycles. The summed E-state index contributed by atoms with van der Waals surface area (Å²) in [5, 5.41) is 10.5. The van der Waals surface area contributed by atoms with Gasteiger partial charge >= 0.3 is 0 Å². The zero-order valence-electron chi connectivity index (χ0n) is 17.3. The van der Waals surface area contributed by atoms with Crippen LogP contribution in [0.25, 0.3) is 5.82 Å². The lowest BCUT2D eigenvalue weighted by Gasteiger charge is -2.34. The van der Waals surface area contributed by atoms with Gasteiger partial charge in [0.05, 0.1) is 29.2 Å². The summed E-state index contributed by atoms with van der Waals surface area (Å²) >= 11 is 0. The van der Waals surface area contributed by atoms with E-state index in [1.165, 1.54) is 17.1 Å². The summed E-state index contributed by atoms with van der Waals surface area (Å²) in [5.74, 6) is 0.502. The number of nitrogens with two attached hydrogens (primary N) is 1. The van der Waals surface area contributed by atoms with Gasteiger partial charge in [-0.05, 0) is 49.1 Å². The number of ether oxygens (including phenoxy) is 1. The molecule has 1 aromatic carbocycles. The number of anilines is 1. The summed E-state index contributed by atoms with van der Waals surface area (Å²) in [7, 11) is -3.39. The van der Waals surface area contributed by atoms with Gasteiger partial charge in [0.1, 0.15) is 12.4 Å². The Bertz CT molecular complexity index is 1180. The Hall–Kier alpha value is -3.68. The van der Waals surface area contributed by atoms with E-state index in [0.717, 1.165) is 0 Å². The van der Waals surface area contributed by atoms with Crippen LogP contribution >= 0.6 is 11.0 Å². The van der Waals surface area contributed by atoms with Crippen LogP contribution < -0.4 is 20.5 Å². The van der Waals surface area contributed by atoms with Crippen LogP contribution in [0.5, 0.6) is 5.75 Å². The van der Waals surface area contributed by atoms with E-state index in [1.54, 1.807) is 36.5 Å². The fourth-order valence-corrected chi connectivity index (χ4v) is 3.92. The lowest BCUT2D eigenvalue weighted by molar-refractivity contribution is 0.0880. The van der Waals surface area contributed by atoms with E-state index < -0.39 is 16.5 Å². The molecule has 0 aliphatic carbocycles. The number of amidine groups is 1. The fraction of sp³-hybridized carbons (Fsp3) is 0.211. The molecule has 168 valence electrons. The maximum absolute atomic E-state index is 12.8. The topological polar surface area (TPSA) is 173 Å². The first kappa shape index (κ1) is 21.5. The third-order valence-corrected chi connectivity index (χ3v) is 5.41. The van der Waals surface area contributed by atoms with Crippen LogP contribution in [0.2, 0.25) is 0 Å². The number of benzene rings is 1. The van der Waals surface area contributed by atoms with Crippen molar-refractivity contribution in [2.24, 2.45) is 10.1 Å². The number of hydrogen-bond donors (Lipinski definition) is 5. The van der Waals surface area contributed by atoms with E-state index in [4.69, 9.17) is 10.5 Å². The smallest absolute Gasteiger partial charge is 0.252 e. The lowest BCUT2D eigenvalue weighted by atomic mass is 10.1. The van der Waals surface area contributed by atoms with Crippen molar-refractivity contribution in [1.29, 1.82) is 0 Å². The largest absolute Gasteiger partial charge is 0.490 e. The molecule has 2 aromatic heterocycles. The molecule has 1 amide bonds. The third-order valence-electron chi connectivity index (χ3n) is 4.46. The summed E-state index contributed by atoms with van der Waals surface area (Å²) in [5.41, 5.74) is 6.39. The SMILES string of the molecule is CC(C)(COc1cccc2c1C(N)=NS(O)(O)N2)NC(=O)c1ccnc(-n2ccnn2)c1. The number of aromatic nitrogens is 4. The van der Waals surface area contributed by atoms with Gasteiger partial charge in [-0.25, -0.2) is 9.67 Å². The molecule has 13 heteroatoms. The standard InChI is InChI=1S/C19H22N8O4S/c1-19(2,23-18(28)12-6-7-21-15(10-12)27-9-8-22-26-27)11-31-14-5-3-4-13-16(14)17(20)25-32(29,30)24-13/h3-10,24,29-30H,11H2,1-2H3,(H2,20,25)(H,23,28). The van der Waals surface area contributed by atoms with E-state index >= 15 is 0 Å². The molecule has 12 nitrogen and oxygen atoms in total. The highest BCUT2D eigenvalue weighted by molar-refractivity contribution is 8.24. The zero-order chi connectivity index (χ0) is 22.9. The van der Waals surface area contributed by atoms with Crippen LogP contribution in [0.15, 0.2) is 53.3 Å². The number of carbonyl (C=O) groups excluding carboxylic acids is 1. The Labute approximate surface area is 185 Å². The second-order valence-electron chi connectivity index (χ2n) is 7.65. The highest BCUT2D eigenvalue weighted by atomic mass is 32.3. The van der Waals surface area contributed by atoms with Crippen LogP contribution in [-0.4, -0.2) is 53.0 Å². The van der Waals surface area contributed by atoms with Crippen LogP contribution in [0.4, 0.5) is 5.69 Å². The molecule has 0 spiro atoms. The molecule has 0 unspecified atom stereocenters. The van der Waals surface area contributed by atoms with Gasteiger partial charge in [0.2, 0.25) is 0 Å². The first-order chi connectivity index (χ1) is 15.1. The molecule has 3 aromatic rings. The number of nitrogens with zero attached hydrogens (tertiary/aromatic N) is 5. The van der Waals surface area contributed by atoms with Crippen molar-refractivity contribution in [3.8, 4) is 11.6 Å². The summed E-state index contributed by atoms with van der Waals surface area (Å²) in [4.78, 5) is 17.0. The average Bonchev–Trinajstić information content (AvgIpc) is 3.26. The molecule has 0 saturated heterocycles. The molecular formula is C19H22N8O4S. The molecule has 0 atom stereocenters. The van der Waals surface area contributed by atoms with Crippen molar-refractivity contribution in [1.82, 2.24) is 25.3 Å². The number of fused-ring (bicyclic) bond motifs is 1. The van der Waals surface area contributed by atoms with Crippen molar-refractivity contribution in [3.63, 3.8) is 0 Å². The minimum absolute atomic E-state index is 0.0476. The van der Waals surface area contributed by atoms with Crippen LogP contribution in [0.3, 0.4) is 0 Å². The molecule has 1 aliphatic rings. The molecule has 0 radical (unpaired) electrons. The van der Waals surface area contributed by atoms with Crippen LogP contribution in [-0.2, 0) is 0 Å². The number of nitrogens with one attached hydrogen (secondary N) is 2. The maximum atomic E-state index is 12.8. The highest BCUT2D eigenvalue weighted by Gasteiger charge is 2.27. The van der Waals surface area contributed by atoms with Crippen molar-refractivity contribution >= 4 is 28.4 Å². The zero-order valence-corrected chi connectivity index (χ0v) is 18.1. The Morgan fingerprint density at radius 1 is 1.31 bits per heavy atom. The minimum Gasteiger partial charge on any atom is -0.490 e. The molecule has 0 bridgehead atoms. The minimum atomic E-state index is -3.39. The number of rotatable bonds is 6. The van der Waals surface area contributed by atoms with E-state index in [-0.39, 0.29) is 18.3 Å². The summed E-state index contributed by atoms with van der Waals surface area (Å²) in [6, 6.07) is 8.22. The monoisotopic (exact) mass is 458 g/mol. The predicted octanol–water partition coefficient (Wildman–Crippen LogP) is 1.96. The Morgan fingerprint density at radius 2 is 2.12 bits per heavy atom. The average molecular weight is 459 g/mol. The van der Waals surface area contributed by atoms with Crippen molar-refractivity contribution in [3.05, 3.63) is 60.0 Å². The molecule has 3 heterocycles. The molecule has 6 N–H and O–H groups in total. The Balaban J connectivity index is 1.46. The van der Waals surface area contributed by atoms with E-state index in [2.05, 4.69) is 29.7 Å². The summed E-state index contributed by atoms with van der Waals surface area (Å²) in [6.07, 6.45) is 4.67. The third kappa shape index (κ3) is 4.64. The maximum Gasteiger partial charge on any atom is 0.252 e. The molecular weight excluding hydrogens is 436 g/mol. The van der Waals surface area contributed by atoms with Gasteiger partial charge in [-0.1, -0.05) is 11.3 Å². The van der Waals surface area contributed by atoms with Gasteiger partial charge in [0, 0.05) is 11.8 Å². The highest BCUT2D eigenvalue weighted by Crippen LogP contribution is 2.46. The number of carbonyl (C=O) groups is 1. The lowest BCUT2D eigenvalue weighted by Crippen LogP contribution is -2.48. The van der Waals surface area contributed by atoms with Gasteiger partial charge < -0.3 is 15.8 Å². The van der Waals surface area contributed by atoms with E-state index in [9.17, 15) is 13.9 Å². The molecule has 1 aliphatic heterocycles. The second-order valence-corrected chi connectivity index (χ2v) is 9.08. The normalized spacial score (nSPS) is 15.7. The molecule has 4 rings (SSSR count). The number of pyridine rings is 1. The van der Waals surface area contributed by atoms with Crippen molar-refractivity contribution in [2.75, 3.05) is 11.3 Å². The van der Waals surface area contributed by atoms with Gasteiger partial charge in [-0.2, -0.15) is 0 Å². The summed E-state index contributed by atoms with van der Waals surface area (Å²) < 4.78 is 33.2. The van der Waals surface area contributed by atoms with E-state index in [0.29, 0.717) is 28.4 Å². The predicted molar refractivity (Wildman–Crippen MR) is 120 cm³/mol. The van der Waals surface area contributed by atoms with Crippen LogP contribution in [0.1, 0.15) is 29.8 Å². The van der Waals surface area contributed by atoms with Gasteiger partial charge in [-0.15, -0.1) is 9.50 Å². The first-order valence-electron chi connectivity index (χ1n) is 9.46. The molecule has 0 fully saturated rings. The Kier molecular flexibility index (Phi) is 5.46. The Morgan fingerprint density at radius 3 is 2.88 bits per heavy atom. The quantitative estimate of drug-likeness (QED) is 0.370. The van der Waals surface area contributed by atoms with E-state index in [1.807, 2.05) is 13.8 Å². The van der Waals surface area contributed by atoms with Gasteiger partial charge in [-0.3, -0.25) is 18.6 Å². The first-order valence-corrected chi connectivity index (χ1v) is 11.0. The van der Waals surface area contributed by atoms with Gasteiger partial charge in [0.15, 0.2) is 11.7 Å². The summed E-state index contributed by atoms with van der Waals surface area (Å²) in [6.45, 7) is 3.73.